The molecule has 0 atom stereocenters. The van der Waals surface area contributed by atoms with Crippen molar-refractivity contribution >= 4 is 17.3 Å². The molecule has 0 aliphatic rings. The first-order valence-corrected chi connectivity index (χ1v) is 6.26. The maximum Gasteiger partial charge on any atom is 0.244 e. The van der Waals surface area contributed by atoms with Gasteiger partial charge in [0.1, 0.15) is 12.4 Å². The lowest BCUT2D eigenvalue weighted by Gasteiger charge is -2.10. The number of benzene rings is 1. The van der Waals surface area contributed by atoms with Crippen LogP contribution in [0.5, 0.6) is 0 Å². The highest BCUT2D eigenvalue weighted by Crippen LogP contribution is 2.18. The number of imidazole rings is 1. The van der Waals surface area contributed by atoms with Crippen molar-refractivity contribution in [2.45, 2.75) is 26.8 Å². The van der Waals surface area contributed by atoms with Gasteiger partial charge in [0.2, 0.25) is 5.91 Å². The molecule has 100 valence electrons. The summed E-state index contributed by atoms with van der Waals surface area (Å²) in [7, 11) is 0. The first-order chi connectivity index (χ1) is 9.10. The lowest BCUT2D eigenvalue weighted by atomic mass is 10.2. The molecule has 0 spiro atoms. The smallest absolute Gasteiger partial charge is 0.244 e. The van der Waals surface area contributed by atoms with Crippen LogP contribution in [0.4, 0.5) is 11.4 Å². The predicted molar refractivity (Wildman–Crippen MR) is 75.8 cm³/mol. The van der Waals surface area contributed by atoms with Crippen LogP contribution in [0.3, 0.4) is 0 Å². The second-order valence-electron chi connectivity index (χ2n) is 4.45. The molecule has 0 bridgehead atoms. The molecule has 2 aromatic rings. The maximum atomic E-state index is 12.0. The van der Waals surface area contributed by atoms with E-state index >= 15 is 0 Å². The van der Waals surface area contributed by atoms with Gasteiger partial charge in [-0.2, -0.15) is 0 Å². The Morgan fingerprint density at radius 1 is 1.47 bits per heavy atom. The molecule has 1 aromatic carbocycles. The molecule has 1 heterocycles. The second-order valence-corrected chi connectivity index (χ2v) is 4.45. The molecule has 5 nitrogen and oxygen atoms in total. The minimum atomic E-state index is -0.0820. The average Bonchev–Trinajstić information content (AvgIpc) is 2.81. The third kappa shape index (κ3) is 3.13. The molecular formula is C14H18N4O. The van der Waals surface area contributed by atoms with Gasteiger partial charge in [0.15, 0.2) is 0 Å². The molecule has 0 saturated carbocycles. The number of rotatable bonds is 4. The summed E-state index contributed by atoms with van der Waals surface area (Å²) in [5, 5.41) is 2.87. The van der Waals surface area contributed by atoms with E-state index in [0.29, 0.717) is 5.69 Å². The van der Waals surface area contributed by atoms with Crippen LogP contribution in [0.25, 0.3) is 0 Å². The van der Waals surface area contributed by atoms with E-state index in [0.717, 1.165) is 23.5 Å². The quantitative estimate of drug-likeness (QED) is 0.823. The molecule has 3 N–H and O–H groups in total. The van der Waals surface area contributed by atoms with E-state index in [9.17, 15) is 4.79 Å². The topological polar surface area (TPSA) is 72.9 Å². The molecule has 0 fully saturated rings. The number of amides is 1. The SMILES string of the molecule is CCc1nccn1CC(=O)Nc1cc(N)ccc1C. The van der Waals surface area contributed by atoms with Gasteiger partial charge in [-0.25, -0.2) is 4.98 Å². The first kappa shape index (κ1) is 13.1. The number of aromatic nitrogens is 2. The highest BCUT2D eigenvalue weighted by molar-refractivity contribution is 5.91. The number of hydrogen-bond acceptors (Lipinski definition) is 3. The standard InChI is InChI=1S/C14H18N4O/c1-3-13-16-6-7-18(13)9-14(19)17-12-8-11(15)5-4-10(12)2/h4-8H,3,9,15H2,1-2H3,(H,17,19). The van der Waals surface area contributed by atoms with Crippen molar-refractivity contribution in [1.29, 1.82) is 0 Å². The van der Waals surface area contributed by atoms with Gasteiger partial charge in [-0.05, 0) is 24.6 Å². The van der Waals surface area contributed by atoms with Gasteiger partial charge < -0.3 is 15.6 Å². The summed E-state index contributed by atoms with van der Waals surface area (Å²) in [6.07, 6.45) is 4.32. The van der Waals surface area contributed by atoms with Crippen LogP contribution in [0, 0.1) is 6.92 Å². The minimum absolute atomic E-state index is 0.0820. The van der Waals surface area contributed by atoms with Gasteiger partial charge >= 0.3 is 0 Å². The number of nitrogens with one attached hydrogen (secondary N) is 1. The Balaban J connectivity index is 2.07. The van der Waals surface area contributed by atoms with Crippen molar-refractivity contribution in [3.05, 3.63) is 42.0 Å². The largest absolute Gasteiger partial charge is 0.399 e. The Bertz CT molecular complexity index is 589. The van der Waals surface area contributed by atoms with Crippen molar-refractivity contribution in [3.8, 4) is 0 Å². The van der Waals surface area contributed by atoms with Crippen molar-refractivity contribution < 1.29 is 4.79 Å². The monoisotopic (exact) mass is 258 g/mol. The summed E-state index contributed by atoms with van der Waals surface area (Å²) >= 11 is 0. The minimum Gasteiger partial charge on any atom is -0.399 e. The van der Waals surface area contributed by atoms with Crippen LogP contribution < -0.4 is 11.1 Å². The van der Waals surface area contributed by atoms with Gasteiger partial charge in [-0.15, -0.1) is 0 Å². The Labute approximate surface area is 112 Å². The van der Waals surface area contributed by atoms with Gasteiger partial charge in [-0.3, -0.25) is 4.79 Å². The van der Waals surface area contributed by atoms with Crippen molar-refractivity contribution in [2.75, 3.05) is 11.1 Å². The van der Waals surface area contributed by atoms with E-state index in [1.54, 1.807) is 12.3 Å². The molecule has 0 aliphatic carbocycles. The van der Waals surface area contributed by atoms with E-state index in [1.807, 2.05) is 36.7 Å². The summed E-state index contributed by atoms with van der Waals surface area (Å²) in [4.78, 5) is 16.2. The van der Waals surface area contributed by atoms with Crippen LogP contribution in [-0.2, 0) is 17.8 Å². The normalized spacial score (nSPS) is 10.4. The summed E-state index contributed by atoms with van der Waals surface area (Å²) < 4.78 is 1.84. The highest BCUT2D eigenvalue weighted by Gasteiger charge is 2.08. The third-order valence-corrected chi connectivity index (χ3v) is 2.97. The average molecular weight is 258 g/mol. The van der Waals surface area contributed by atoms with Gasteiger partial charge in [0.05, 0.1) is 0 Å². The molecule has 1 amide bonds. The van der Waals surface area contributed by atoms with Crippen LogP contribution in [0.2, 0.25) is 0 Å². The highest BCUT2D eigenvalue weighted by atomic mass is 16.1. The fourth-order valence-electron chi connectivity index (χ4n) is 1.92. The number of nitrogens with two attached hydrogens (primary N) is 1. The fraction of sp³-hybridized carbons (Fsp3) is 0.286. The van der Waals surface area contributed by atoms with Crippen LogP contribution in [0.15, 0.2) is 30.6 Å². The van der Waals surface area contributed by atoms with E-state index in [1.165, 1.54) is 0 Å². The number of carbonyl (C=O) groups is 1. The van der Waals surface area contributed by atoms with Crippen LogP contribution >= 0.6 is 0 Å². The Kier molecular flexibility index (Phi) is 3.85. The predicted octanol–water partition coefficient (Wildman–Crippen LogP) is 1.97. The molecule has 0 saturated heterocycles. The van der Waals surface area contributed by atoms with Crippen molar-refractivity contribution in [3.63, 3.8) is 0 Å². The molecular weight excluding hydrogens is 240 g/mol. The zero-order valence-electron chi connectivity index (χ0n) is 11.2. The van der Waals surface area contributed by atoms with Crippen LogP contribution in [0.1, 0.15) is 18.3 Å². The number of anilines is 2. The lowest BCUT2D eigenvalue weighted by Crippen LogP contribution is -2.20. The molecule has 1 aromatic heterocycles. The number of carbonyl (C=O) groups excluding carboxylic acids is 1. The number of nitrogen functional groups attached to an aromatic ring is 1. The second kappa shape index (κ2) is 5.56. The van der Waals surface area contributed by atoms with E-state index < -0.39 is 0 Å². The van der Waals surface area contributed by atoms with Crippen molar-refractivity contribution in [1.82, 2.24) is 9.55 Å². The molecule has 0 unspecified atom stereocenters. The van der Waals surface area contributed by atoms with E-state index in [2.05, 4.69) is 10.3 Å². The summed E-state index contributed by atoms with van der Waals surface area (Å²) in [5.74, 6) is 0.820. The molecule has 2 rings (SSSR count). The third-order valence-electron chi connectivity index (χ3n) is 2.97. The van der Waals surface area contributed by atoms with Gasteiger partial charge in [0.25, 0.3) is 0 Å². The number of hydrogen-bond donors (Lipinski definition) is 2. The summed E-state index contributed by atoms with van der Waals surface area (Å²) in [6, 6.07) is 5.47. The van der Waals surface area contributed by atoms with E-state index in [-0.39, 0.29) is 12.5 Å². The summed E-state index contributed by atoms with van der Waals surface area (Å²) in [6.45, 7) is 4.21. The molecule has 0 aliphatic heterocycles. The Morgan fingerprint density at radius 2 is 2.26 bits per heavy atom. The zero-order valence-corrected chi connectivity index (χ0v) is 11.2. The molecule has 19 heavy (non-hydrogen) atoms. The van der Waals surface area contributed by atoms with Crippen molar-refractivity contribution in [2.24, 2.45) is 0 Å². The fourth-order valence-corrected chi connectivity index (χ4v) is 1.92. The Hall–Kier alpha value is -2.30. The zero-order chi connectivity index (χ0) is 13.8. The van der Waals surface area contributed by atoms with Gasteiger partial charge in [-0.1, -0.05) is 13.0 Å². The molecule has 0 radical (unpaired) electrons. The summed E-state index contributed by atoms with van der Waals surface area (Å²) in [5.41, 5.74) is 8.10. The maximum absolute atomic E-state index is 12.0. The lowest BCUT2D eigenvalue weighted by molar-refractivity contribution is -0.116. The van der Waals surface area contributed by atoms with Gasteiger partial charge in [0, 0.05) is 30.2 Å². The first-order valence-electron chi connectivity index (χ1n) is 6.26. The van der Waals surface area contributed by atoms with Crippen LogP contribution in [-0.4, -0.2) is 15.5 Å². The Morgan fingerprint density at radius 3 is 3.00 bits per heavy atom. The number of nitrogens with zero attached hydrogens (tertiary/aromatic N) is 2. The van der Waals surface area contributed by atoms with E-state index in [4.69, 9.17) is 5.73 Å². The number of aryl methyl sites for hydroxylation is 2. The molecule has 5 heteroatoms.